The number of hydroxylamine groups is 2. The predicted molar refractivity (Wildman–Crippen MR) is 86.6 cm³/mol. The summed E-state index contributed by atoms with van der Waals surface area (Å²) in [6.45, 7) is 1.08. The topological polar surface area (TPSA) is 82.1 Å². The van der Waals surface area contributed by atoms with Crippen LogP contribution in [0, 0.1) is 5.92 Å². The molecule has 1 heterocycles. The summed E-state index contributed by atoms with van der Waals surface area (Å²) in [7, 11) is 1.62. The van der Waals surface area contributed by atoms with Gasteiger partial charge in [0, 0.05) is 7.11 Å². The second kappa shape index (κ2) is 7.76. The number of ether oxygens (including phenoxy) is 2. The van der Waals surface area contributed by atoms with Crippen LogP contribution in [0.5, 0.6) is 0 Å². The molecule has 1 aliphatic carbocycles. The van der Waals surface area contributed by atoms with Gasteiger partial charge in [-0.25, -0.2) is 4.79 Å². The van der Waals surface area contributed by atoms with Crippen LogP contribution in [0.1, 0.15) is 46.4 Å². The van der Waals surface area contributed by atoms with Gasteiger partial charge in [-0.15, -0.1) is 0 Å². The fourth-order valence-electron chi connectivity index (χ4n) is 3.18. The average Bonchev–Trinajstić information content (AvgIpc) is 2.88. The molecule has 2 aliphatic rings. The molecule has 7 nitrogen and oxygen atoms in total. The molecule has 1 fully saturated rings. The Morgan fingerprint density at radius 1 is 1.04 bits per heavy atom. The van der Waals surface area contributed by atoms with Gasteiger partial charge in [-0.2, -0.15) is 0 Å². The van der Waals surface area contributed by atoms with Gasteiger partial charge in [0.05, 0.1) is 36.4 Å². The van der Waals surface area contributed by atoms with Crippen molar-refractivity contribution in [2.75, 3.05) is 20.3 Å². The number of carbonyl (C=O) groups excluding carboxylic acids is 3. The second-order valence-corrected chi connectivity index (χ2v) is 6.20. The average molecular weight is 347 g/mol. The second-order valence-electron chi connectivity index (χ2n) is 6.20. The molecule has 0 bridgehead atoms. The maximum Gasteiger partial charge on any atom is 0.336 e. The van der Waals surface area contributed by atoms with Gasteiger partial charge in [-0.3, -0.25) is 9.59 Å². The van der Waals surface area contributed by atoms with Crippen LogP contribution in [0.15, 0.2) is 24.3 Å². The lowest BCUT2D eigenvalue weighted by Gasteiger charge is -2.27. The molecule has 25 heavy (non-hydrogen) atoms. The van der Waals surface area contributed by atoms with Crippen molar-refractivity contribution in [1.29, 1.82) is 0 Å². The number of imide groups is 1. The summed E-state index contributed by atoms with van der Waals surface area (Å²) in [5.41, 5.74) is 0.520. The van der Waals surface area contributed by atoms with Crippen molar-refractivity contribution in [2.24, 2.45) is 5.92 Å². The molecule has 1 saturated carbocycles. The Labute approximate surface area is 145 Å². The maximum absolute atomic E-state index is 12.3. The molecule has 0 saturated heterocycles. The lowest BCUT2D eigenvalue weighted by molar-refractivity contribution is -0.175. The molecule has 0 N–H and O–H groups in total. The zero-order chi connectivity index (χ0) is 17.8. The van der Waals surface area contributed by atoms with Crippen molar-refractivity contribution in [3.05, 3.63) is 35.4 Å². The molecule has 1 aromatic rings. The largest absolute Gasteiger partial charge is 0.382 e. The van der Waals surface area contributed by atoms with Crippen molar-refractivity contribution >= 4 is 17.8 Å². The quantitative estimate of drug-likeness (QED) is 0.578. The summed E-state index contributed by atoms with van der Waals surface area (Å²) in [6.07, 6.45) is 2.81. The molecule has 1 aliphatic heterocycles. The minimum absolute atomic E-state index is 0.110. The van der Waals surface area contributed by atoms with E-state index < -0.39 is 17.8 Å². The molecule has 7 heteroatoms. The number of nitrogens with zero attached hydrogens (tertiary/aromatic N) is 1. The van der Waals surface area contributed by atoms with E-state index in [0.717, 1.165) is 12.8 Å². The van der Waals surface area contributed by atoms with Gasteiger partial charge in [0.2, 0.25) is 0 Å². The normalized spacial score (nSPS) is 22.8. The number of hydrogen-bond acceptors (Lipinski definition) is 6. The molecular weight excluding hydrogens is 326 g/mol. The van der Waals surface area contributed by atoms with Crippen LogP contribution in [0.3, 0.4) is 0 Å². The number of benzene rings is 1. The van der Waals surface area contributed by atoms with Gasteiger partial charge in [-0.05, 0) is 37.8 Å². The lowest BCUT2D eigenvalue weighted by Crippen LogP contribution is -2.36. The van der Waals surface area contributed by atoms with E-state index in [1.807, 2.05) is 0 Å². The molecule has 0 aromatic heterocycles. The molecule has 0 unspecified atom stereocenters. The maximum atomic E-state index is 12.3. The van der Waals surface area contributed by atoms with Crippen molar-refractivity contribution in [2.45, 2.75) is 31.8 Å². The predicted octanol–water partition coefficient (Wildman–Crippen LogP) is 1.96. The summed E-state index contributed by atoms with van der Waals surface area (Å²) in [5, 5.41) is 0.578. The molecule has 134 valence electrons. The third kappa shape index (κ3) is 3.72. The molecule has 0 radical (unpaired) electrons. The van der Waals surface area contributed by atoms with Crippen LogP contribution in [0.25, 0.3) is 0 Å². The van der Waals surface area contributed by atoms with E-state index in [9.17, 15) is 14.4 Å². The molecule has 2 amide bonds. The van der Waals surface area contributed by atoms with Crippen LogP contribution in [0.2, 0.25) is 0 Å². The summed E-state index contributed by atoms with van der Waals surface area (Å²) in [6, 6.07) is 6.43. The van der Waals surface area contributed by atoms with Crippen molar-refractivity contribution in [1.82, 2.24) is 5.06 Å². The van der Waals surface area contributed by atoms with Crippen LogP contribution < -0.4 is 0 Å². The number of fused-ring (bicyclic) bond motifs is 1. The van der Waals surface area contributed by atoms with E-state index in [1.54, 1.807) is 31.4 Å². The van der Waals surface area contributed by atoms with E-state index >= 15 is 0 Å². The SMILES string of the molecule is COCCOC1CCC(C(=O)ON2C(=O)c3ccccc3C2=O)CC1. The van der Waals surface area contributed by atoms with Crippen LogP contribution in [-0.4, -0.2) is 49.3 Å². The molecule has 1 aromatic carbocycles. The third-order valence-electron chi connectivity index (χ3n) is 4.59. The number of amides is 2. The number of hydrogen-bond donors (Lipinski definition) is 0. The Bertz CT molecular complexity index is 630. The minimum Gasteiger partial charge on any atom is -0.382 e. The lowest BCUT2D eigenvalue weighted by atomic mass is 9.87. The monoisotopic (exact) mass is 347 g/mol. The number of methoxy groups -OCH3 is 1. The van der Waals surface area contributed by atoms with Gasteiger partial charge in [0.1, 0.15) is 0 Å². The van der Waals surface area contributed by atoms with Crippen molar-refractivity contribution < 1.29 is 28.7 Å². The Morgan fingerprint density at radius 3 is 2.20 bits per heavy atom. The van der Waals surface area contributed by atoms with Gasteiger partial charge in [0.15, 0.2) is 0 Å². The zero-order valence-electron chi connectivity index (χ0n) is 14.1. The molecule has 3 rings (SSSR count). The number of rotatable bonds is 6. The standard InChI is InChI=1S/C18H21NO6/c1-23-10-11-24-13-8-6-12(7-9-13)18(22)25-19-16(20)14-4-2-3-5-15(14)17(19)21/h2-5,12-13H,6-11H2,1H3. The third-order valence-corrected chi connectivity index (χ3v) is 4.59. The number of carbonyl (C=O) groups is 3. The van der Waals surface area contributed by atoms with Crippen molar-refractivity contribution in [3.8, 4) is 0 Å². The zero-order valence-corrected chi connectivity index (χ0v) is 14.1. The Balaban J connectivity index is 1.52. The smallest absolute Gasteiger partial charge is 0.336 e. The fraction of sp³-hybridized carbons (Fsp3) is 0.500. The Kier molecular flexibility index (Phi) is 5.45. The van der Waals surface area contributed by atoms with E-state index in [0.29, 0.717) is 31.1 Å². The highest BCUT2D eigenvalue weighted by Crippen LogP contribution is 2.29. The van der Waals surface area contributed by atoms with Crippen molar-refractivity contribution in [3.63, 3.8) is 0 Å². The highest BCUT2D eigenvalue weighted by atomic mass is 16.7. The van der Waals surface area contributed by atoms with E-state index in [-0.39, 0.29) is 23.1 Å². The van der Waals surface area contributed by atoms with E-state index in [1.165, 1.54) is 0 Å². The minimum atomic E-state index is -0.592. The summed E-state index contributed by atoms with van der Waals surface area (Å²) >= 11 is 0. The first-order chi connectivity index (χ1) is 12.1. The van der Waals surface area contributed by atoms with E-state index in [4.69, 9.17) is 14.3 Å². The van der Waals surface area contributed by atoms with E-state index in [2.05, 4.69) is 0 Å². The molecule has 0 spiro atoms. The van der Waals surface area contributed by atoms with Gasteiger partial charge in [0.25, 0.3) is 11.8 Å². The summed E-state index contributed by atoms with van der Waals surface area (Å²) < 4.78 is 10.6. The summed E-state index contributed by atoms with van der Waals surface area (Å²) in [5.74, 6) is -2.05. The Morgan fingerprint density at radius 2 is 1.64 bits per heavy atom. The first-order valence-electron chi connectivity index (χ1n) is 8.42. The van der Waals surface area contributed by atoms with Crippen LogP contribution >= 0.6 is 0 Å². The summed E-state index contributed by atoms with van der Waals surface area (Å²) in [4.78, 5) is 41.9. The molecule has 0 atom stereocenters. The first-order valence-corrected chi connectivity index (χ1v) is 8.42. The fourth-order valence-corrected chi connectivity index (χ4v) is 3.18. The Hall–Kier alpha value is -2.25. The van der Waals surface area contributed by atoms with Crippen LogP contribution in [0.4, 0.5) is 0 Å². The highest BCUT2D eigenvalue weighted by molar-refractivity contribution is 6.20. The first kappa shape index (κ1) is 17.6. The highest BCUT2D eigenvalue weighted by Gasteiger charge is 2.40. The van der Waals surface area contributed by atoms with Gasteiger partial charge < -0.3 is 14.3 Å². The van der Waals surface area contributed by atoms with Crippen LogP contribution in [-0.2, 0) is 19.1 Å². The molecular formula is C18H21NO6. The van der Waals surface area contributed by atoms with Gasteiger partial charge in [-0.1, -0.05) is 17.2 Å². The van der Waals surface area contributed by atoms with Gasteiger partial charge >= 0.3 is 5.97 Å².